The van der Waals surface area contributed by atoms with Gasteiger partial charge in [-0.25, -0.2) is 0 Å². The van der Waals surface area contributed by atoms with Crippen LogP contribution in [0.4, 0.5) is 5.69 Å². The van der Waals surface area contributed by atoms with Crippen molar-refractivity contribution in [2.45, 2.75) is 13.2 Å². The van der Waals surface area contributed by atoms with E-state index in [0.717, 1.165) is 36.4 Å². The third-order valence-electron chi connectivity index (χ3n) is 3.93. The summed E-state index contributed by atoms with van der Waals surface area (Å²) in [6, 6.07) is 20.0. The number of benzene rings is 3. The van der Waals surface area contributed by atoms with Gasteiger partial charge in [-0.15, -0.1) is 0 Å². The van der Waals surface area contributed by atoms with E-state index in [0.29, 0.717) is 18.2 Å². The van der Waals surface area contributed by atoms with Crippen LogP contribution >= 0.6 is 50.1 Å². The molecule has 0 amide bonds. The van der Waals surface area contributed by atoms with Gasteiger partial charge in [0, 0.05) is 16.7 Å². The minimum Gasteiger partial charge on any atom is -0.493 e. The van der Waals surface area contributed by atoms with Crippen LogP contribution in [0, 0.1) is 3.57 Å². The molecule has 0 aliphatic rings. The summed E-state index contributed by atoms with van der Waals surface area (Å²) in [6.07, 6.45) is 0. The Balaban J connectivity index is 1.72. The molecule has 0 radical (unpaired) electrons. The van der Waals surface area contributed by atoms with Crippen molar-refractivity contribution in [3.05, 3.63) is 84.9 Å². The molecule has 0 saturated carbocycles. The van der Waals surface area contributed by atoms with Crippen molar-refractivity contribution in [2.75, 3.05) is 12.4 Å². The molecular formula is C21H18BrClINO2. The highest BCUT2D eigenvalue weighted by Crippen LogP contribution is 2.35. The Labute approximate surface area is 186 Å². The number of halogens is 3. The van der Waals surface area contributed by atoms with Gasteiger partial charge >= 0.3 is 0 Å². The van der Waals surface area contributed by atoms with Crippen LogP contribution in [0.1, 0.15) is 11.1 Å². The van der Waals surface area contributed by atoms with E-state index in [9.17, 15) is 0 Å². The van der Waals surface area contributed by atoms with Gasteiger partial charge in [0.1, 0.15) is 6.61 Å². The summed E-state index contributed by atoms with van der Waals surface area (Å²) in [5, 5.41) is 4.06. The molecule has 0 bridgehead atoms. The molecule has 3 aromatic rings. The van der Waals surface area contributed by atoms with E-state index in [1.54, 1.807) is 7.11 Å². The fraction of sp³-hybridized carbons (Fsp3) is 0.143. The minimum absolute atomic E-state index is 0.502. The van der Waals surface area contributed by atoms with Crippen LogP contribution in [0.25, 0.3) is 0 Å². The maximum absolute atomic E-state index is 6.15. The highest BCUT2D eigenvalue weighted by molar-refractivity contribution is 14.1. The number of ether oxygens (including phenoxy) is 2. The van der Waals surface area contributed by atoms with E-state index < -0.39 is 0 Å². The van der Waals surface area contributed by atoms with E-state index in [1.807, 2.05) is 54.6 Å². The average Bonchev–Trinajstić information content (AvgIpc) is 2.68. The van der Waals surface area contributed by atoms with Crippen molar-refractivity contribution in [1.82, 2.24) is 0 Å². The van der Waals surface area contributed by atoms with Gasteiger partial charge in [-0.2, -0.15) is 0 Å². The molecule has 6 heteroatoms. The summed E-state index contributed by atoms with van der Waals surface area (Å²) in [6.45, 7) is 1.16. The Hall–Kier alpha value is -1.44. The summed E-state index contributed by atoms with van der Waals surface area (Å²) in [5.74, 6) is 1.49. The normalized spacial score (nSPS) is 10.5. The first kappa shape index (κ1) is 20.3. The smallest absolute Gasteiger partial charge is 0.174 e. The topological polar surface area (TPSA) is 30.5 Å². The van der Waals surface area contributed by atoms with Crippen molar-refractivity contribution >= 4 is 55.8 Å². The lowest BCUT2D eigenvalue weighted by molar-refractivity contribution is 0.282. The summed E-state index contributed by atoms with van der Waals surface area (Å²) >= 11 is 11.8. The second-order valence-electron chi connectivity index (χ2n) is 5.87. The Morgan fingerprint density at radius 3 is 2.52 bits per heavy atom. The van der Waals surface area contributed by atoms with Crippen molar-refractivity contribution in [3.8, 4) is 11.5 Å². The van der Waals surface area contributed by atoms with Crippen molar-refractivity contribution in [3.63, 3.8) is 0 Å². The van der Waals surface area contributed by atoms with Gasteiger partial charge in [0.2, 0.25) is 0 Å². The van der Waals surface area contributed by atoms with Crippen molar-refractivity contribution < 1.29 is 9.47 Å². The second-order valence-corrected chi connectivity index (χ2v) is 8.29. The molecule has 0 heterocycles. The van der Waals surface area contributed by atoms with Crippen LogP contribution in [0.5, 0.6) is 11.5 Å². The maximum Gasteiger partial charge on any atom is 0.174 e. The molecule has 3 aromatic carbocycles. The molecule has 3 nitrogen and oxygen atoms in total. The number of nitrogens with one attached hydrogen (secondary N) is 1. The van der Waals surface area contributed by atoms with Gasteiger partial charge in [0.15, 0.2) is 11.5 Å². The first-order valence-electron chi connectivity index (χ1n) is 8.29. The van der Waals surface area contributed by atoms with Gasteiger partial charge in [0.25, 0.3) is 0 Å². The van der Waals surface area contributed by atoms with Gasteiger partial charge in [-0.05, 0) is 80.0 Å². The monoisotopic (exact) mass is 557 g/mol. The molecule has 0 spiro atoms. The highest BCUT2D eigenvalue weighted by Gasteiger charge is 2.12. The summed E-state index contributed by atoms with van der Waals surface area (Å²) < 4.78 is 13.5. The molecule has 0 aromatic heterocycles. The summed E-state index contributed by atoms with van der Waals surface area (Å²) in [5.41, 5.74) is 3.18. The van der Waals surface area contributed by atoms with Crippen LogP contribution in [0.2, 0.25) is 5.02 Å². The zero-order chi connectivity index (χ0) is 19.2. The predicted octanol–water partition coefficient (Wildman–Crippen LogP) is 6.91. The predicted molar refractivity (Wildman–Crippen MR) is 123 cm³/mol. The highest BCUT2D eigenvalue weighted by atomic mass is 127. The molecule has 3 rings (SSSR count). The van der Waals surface area contributed by atoms with Crippen LogP contribution in [-0.4, -0.2) is 7.11 Å². The van der Waals surface area contributed by atoms with E-state index in [1.165, 1.54) is 0 Å². The summed E-state index contributed by atoms with van der Waals surface area (Å²) in [4.78, 5) is 0. The molecule has 1 N–H and O–H groups in total. The van der Waals surface area contributed by atoms with E-state index >= 15 is 0 Å². The van der Waals surface area contributed by atoms with E-state index in [2.05, 4.69) is 49.9 Å². The van der Waals surface area contributed by atoms with E-state index in [4.69, 9.17) is 21.1 Å². The standard InChI is InChI=1S/C21H18BrClINO2/c1-26-20-10-15(12-25-16-7-8-17(22)18(23)11-16)9-19(24)21(20)27-13-14-5-3-2-4-6-14/h2-11,25H,12-13H2,1H3. The number of hydrogen-bond donors (Lipinski definition) is 1. The number of hydrogen-bond acceptors (Lipinski definition) is 3. The van der Waals surface area contributed by atoms with Crippen LogP contribution in [0.15, 0.2) is 65.1 Å². The second kappa shape index (κ2) is 9.66. The first-order chi connectivity index (χ1) is 13.1. The van der Waals surface area contributed by atoms with Gasteiger partial charge in [-0.3, -0.25) is 0 Å². The lowest BCUT2D eigenvalue weighted by Crippen LogP contribution is -2.03. The molecule has 0 unspecified atom stereocenters. The SMILES string of the molecule is COc1cc(CNc2ccc(Br)c(Cl)c2)cc(I)c1OCc1ccccc1. The third kappa shape index (κ3) is 5.53. The molecular weight excluding hydrogens is 540 g/mol. The van der Waals surface area contributed by atoms with Crippen LogP contribution in [0.3, 0.4) is 0 Å². The number of methoxy groups -OCH3 is 1. The molecule has 0 atom stereocenters. The van der Waals surface area contributed by atoms with Crippen LogP contribution in [-0.2, 0) is 13.2 Å². The lowest BCUT2D eigenvalue weighted by atomic mass is 10.2. The van der Waals surface area contributed by atoms with Gasteiger partial charge < -0.3 is 14.8 Å². The first-order valence-corrected chi connectivity index (χ1v) is 10.5. The zero-order valence-electron chi connectivity index (χ0n) is 14.6. The third-order valence-corrected chi connectivity index (χ3v) is 5.97. The molecule has 0 saturated heterocycles. The Bertz CT molecular complexity index is 922. The molecule has 0 aliphatic carbocycles. The fourth-order valence-electron chi connectivity index (χ4n) is 2.56. The Morgan fingerprint density at radius 1 is 1.04 bits per heavy atom. The molecule has 27 heavy (non-hydrogen) atoms. The number of rotatable bonds is 7. The van der Waals surface area contributed by atoms with Crippen molar-refractivity contribution in [2.24, 2.45) is 0 Å². The minimum atomic E-state index is 0.502. The molecule has 0 fully saturated rings. The average molecular weight is 559 g/mol. The maximum atomic E-state index is 6.15. The molecule has 0 aliphatic heterocycles. The summed E-state index contributed by atoms with van der Waals surface area (Å²) in [7, 11) is 1.66. The number of anilines is 1. The zero-order valence-corrected chi connectivity index (χ0v) is 19.1. The fourth-order valence-corrected chi connectivity index (χ4v) is 3.80. The van der Waals surface area contributed by atoms with Crippen LogP contribution < -0.4 is 14.8 Å². The van der Waals surface area contributed by atoms with Gasteiger partial charge in [-0.1, -0.05) is 41.9 Å². The van der Waals surface area contributed by atoms with Gasteiger partial charge in [0.05, 0.1) is 15.7 Å². The Morgan fingerprint density at radius 2 is 1.81 bits per heavy atom. The molecule has 140 valence electrons. The van der Waals surface area contributed by atoms with Crippen molar-refractivity contribution in [1.29, 1.82) is 0 Å². The quantitative estimate of drug-likeness (QED) is 0.320. The Kier molecular flexibility index (Phi) is 7.26. The lowest BCUT2D eigenvalue weighted by Gasteiger charge is -2.15. The largest absolute Gasteiger partial charge is 0.493 e. The van der Waals surface area contributed by atoms with E-state index in [-0.39, 0.29) is 0 Å².